The molecule has 0 N–H and O–H groups in total. The molecule has 0 aromatic carbocycles. The molecule has 1 atom stereocenters. The van der Waals surface area contributed by atoms with Crippen LogP contribution < -0.4 is 0 Å². The van der Waals surface area contributed by atoms with Gasteiger partial charge in [0.15, 0.2) is 11.5 Å². The van der Waals surface area contributed by atoms with Crippen LogP contribution in [-0.4, -0.2) is 39.3 Å². The molecule has 7 nitrogen and oxygen atoms in total. The molecule has 0 aliphatic carbocycles. The van der Waals surface area contributed by atoms with Gasteiger partial charge >= 0.3 is 0 Å². The molecule has 1 amide bonds. The molecular weight excluding hydrogens is 334 g/mol. The molecule has 1 saturated heterocycles. The minimum atomic E-state index is -0.121. The topological polar surface area (TPSA) is 89.4 Å². The van der Waals surface area contributed by atoms with E-state index in [2.05, 4.69) is 10.1 Å². The summed E-state index contributed by atoms with van der Waals surface area (Å²) in [5, 5.41) is 4.74. The van der Waals surface area contributed by atoms with Crippen LogP contribution >= 0.6 is 0 Å². The second-order valence-electron chi connectivity index (χ2n) is 6.46. The molecule has 4 rings (SSSR count). The number of amides is 1. The zero-order chi connectivity index (χ0) is 18.1. The Balaban J connectivity index is 1.55. The molecule has 7 heteroatoms. The number of fused-ring (bicyclic) bond motifs is 1. The van der Waals surface area contributed by atoms with Gasteiger partial charge in [0.05, 0.1) is 22.9 Å². The number of hydrogen-bond acceptors (Lipinski definition) is 6. The van der Waals surface area contributed by atoms with Gasteiger partial charge in [0.25, 0.3) is 11.6 Å². The van der Waals surface area contributed by atoms with Gasteiger partial charge in [-0.05, 0) is 37.5 Å². The first-order valence-electron chi connectivity index (χ1n) is 8.79. The van der Waals surface area contributed by atoms with Crippen LogP contribution in [-0.2, 0) is 6.42 Å². The normalized spacial score (nSPS) is 17.1. The highest BCUT2D eigenvalue weighted by atomic mass is 16.5. The van der Waals surface area contributed by atoms with E-state index in [1.165, 1.54) is 12.5 Å². The van der Waals surface area contributed by atoms with Gasteiger partial charge in [-0.15, -0.1) is 0 Å². The third-order valence-electron chi connectivity index (χ3n) is 4.84. The van der Waals surface area contributed by atoms with Crippen molar-refractivity contribution in [2.45, 2.75) is 38.6 Å². The van der Waals surface area contributed by atoms with Crippen molar-refractivity contribution in [1.82, 2.24) is 15.0 Å². The van der Waals surface area contributed by atoms with Crippen molar-refractivity contribution in [3.8, 4) is 0 Å². The van der Waals surface area contributed by atoms with E-state index in [1.54, 1.807) is 23.1 Å². The number of aromatic nitrogens is 2. The first kappa shape index (κ1) is 16.5. The van der Waals surface area contributed by atoms with Crippen LogP contribution in [0.4, 0.5) is 0 Å². The van der Waals surface area contributed by atoms with Gasteiger partial charge in [-0.25, -0.2) is 4.98 Å². The molecule has 26 heavy (non-hydrogen) atoms. The number of hydrogen-bond donors (Lipinski definition) is 0. The summed E-state index contributed by atoms with van der Waals surface area (Å²) in [6.07, 6.45) is 5.65. The summed E-state index contributed by atoms with van der Waals surface area (Å²) in [6.45, 7) is 2.61. The van der Waals surface area contributed by atoms with Crippen molar-refractivity contribution in [2.24, 2.45) is 0 Å². The molecule has 3 aromatic rings. The van der Waals surface area contributed by atoms with E-state index in [0.717, 1.165) is 23.9 Å². The van der Waals surface area contributed by atoms with E-state index in [-0.39, 0.29) is 24.2 Å². The van der Waals surface area contributed by atoms with E-state index in [1.807, 2.05) is 6.92 Å². The van der Waals surface area contributed by atoms with Gasteiger partial charge in [0, 0.05) is 25.2 Å². The number of rotatable bonds is 5. The Morgan fingerprint density at radius 3 is 3.04 bits per heavy atom. The summed E-state index contributed by atoms with van der Waals surface area (Å²) in [7, 11) is 0. The Morgan fingerprint density at radius 2 is 2.27 bits per heavy atom. The van der Waals surface area contributed by atoms with E-state index >= 15 is 0 Å². The third kappa shape index (κ3) is 2.89. The van der Waals surface area contributed by atoms with Crippen LogP contribution in [0.5, 0.6) is 0 Å². The maximum absolute atomic E-state index is 13.0. The van der Waals surface area contributed by atoms with Crippen LogP contribution in [0, 0.1) is 0 Å². The van der Waals surface area contributed by atoms with Gasteiger partial charge in [-0.1, -0.05) is 12.1 Å². The predicted molar refractivity (Wildman–Crippen MR) is 92.9 cm³/mol. The standard InChI is InChI=1S/C19H19N3O4/c1-2-15-14-9-12(11-20-18(14)26-21-15)19(24)22-7-3-5-13(22)10-16(23)17-6-4-8-25-17/h4,6,8-9,11,13H,2-3,5,7,10H2,1H3. The van der Waals surface area contributed by atoms with Crippen LogP contribution in [0.2, 0.25) is 0 Å². The van der Waals surface area contributed by atoms with Crippen molar-refractivity contribution in [3.63, 3.8) is 0 Å². The lowest BCUT2D eigenvalue weighted by molar-refractivity contribution is 0.0713. The largest absolute Gasteiger partial charge is 0.461 e. The SMILES string of the molecule is CCc1noc2ncc(C(=O)N3CCCC3CC(=O)c3ccco3)cc12. The number of carbonyl (C=O) groups excluding carboxylic acids is 2. The lowest BCUT2D eigenvalue weighted by atomic mass is 10.1. The fraction of sp³-hybridized carbons (Fsp3) is 0.368. The number of aryl methyl sites for hydroxylation is 1. The zero-order valence-corrected chi connectivity index (χ0v) is 14.5. The maximum atomic E-state index is 13.0. The molecule has 1 fully saturated rings. The lowest BCUT2D eigenvalue weighted by Crippen LogP contribution is -2.36. The van der Waals surface area contributed by atoms with E-state index in [0.29, 0.717) is 30.0 Å². The molecule has 0 bridgehead atoms. The molecule has 0 radical (unpaired) electrons. The van der Waals surface area contributed by atoms with E-state index < -0.39 is 0 Å². The highest BCUT2D eigenvalue weighted by Crippen LogP contribution is 2.25. The number of nitrogens with zero attached hydrogens (tertiary/aromatic N) is 3. The van der Waals surface area contributed by atoms with Crippen LogP contribution in [0.15, 0.2) is 39.6 Å². The smallest absolute Gasteiger partial charge is 0.257 e. The van der Waals surface area contributed by atoms with Gasteiger partial charge in [-0.2, -0.15) is 0 Å². The zero-order valence-electron chi connectivity index (χ0n) is 14.5. The Hall–Kier alpha value is -2.96. The van der Waals surface area contributed by atoms with Crippen molar-refractivity contribution in [1.29, 1.82) is 0 Å². The van der Waals surface area contributed by atoms with E-state index in [9.17, 15) is 9.59 Å². The Kier molecular flexibility index (Phi) is 4.28. The monoisotopic (exact) mass is 353 g/mol. The number of carbonyl (C=O) groups is 2. The molecule has 1 aliphatic heterocycles. The number of furan rings is 1. The Labute approximate surface area is 150 Å². The van der Waals surface area contributed by atoms with Gasteiger partial charge in [0.2, 0.25) is 0 Å². The van der Waals surface area contributed by atoms with Crippen LogP contribution in [0.25, 0.3) is 11.1 Å². The molecule has 0 saturated carbocycles. The second kappa shape index (κ2) is 6.74. The fourth-order valence-electron chi connectivity index (χ4n) is 3.48. The first-order valence-corrected chi connectivity index (χ1v) is 8.79. The molecule has 4 heterocycles. The second-order valence-corrected chi connectivity index (χ2v) is 6.46. The quantitative estimate of drug-likeness (QED) is 0.654. The molecule has 3 aromatic heterocycles. The maximum Gasteiger partial charge on any atom is 0.257 e. The summed E-state index contributed by atoms with van der Waals surface area (Å²) >= 11 is 0. The molecule has 1 aliphatic rings. The number of Topliss-reactive ketones (excluding diaryl/α,β-unsaturated/α-hetero) is 1. The summed E-state index contributed by atoms with van der Waals surface area (Å²) in [5.41, 5.74) is 1.71. The molecule has 0 spiro atoms. The Morgan fingerprint density at radius 1 is 1.38 bits per heavy atom. The average molecular weight is 353 g/mol. The van der Waals surface area contributed by atoms with Crippen molar-refractivity contribution < 1.29 is 18.5 Å². The average Bonchev–Trinajstić information content (AvgIpc) is 3.40. The lowest BCUT2D eigenvalue weighted by Gasteiger charge is -2.24. The van der Waals surface area contributed by atoms with Crippen molar-refractivity contribution in [3.05, 3.63) is 47.7 Å². The predicted octanol–water partition coefficient (Wildman–Crippen LogP) is 3.26. The minimum Gasteiger partial charge on any atom is -0.461 e. The number of likely N-dealkylation sites (tertiary alicyclic amines) is 1. The third-order valence-corrected chi connectivity index (χ3v) is 4.84. The summed E-state index contributed by atoms with van der Waals surface area (Å²) < 4.78 is 10.3. The van der Waals surface area contributed by atoms with Gasteiger partial charge in [0.1, 0.15) is 0 Å². The highest BCUT2D eigenvalue weighted by molar-refractivity contribution is 5.98. The van der Waals surface area contributed by atoms with Gasteiger partial charge in [-0.3, -0.25) is 9.59 Å². The van der Waals surface area contributed by atoms with Crippen molar-refractivity contribution in [2.75, 3.05) is 6.54 Å². The van der Waals surface area contributed by atoms with E-state index in [4.69, 9.17) is 8.94 Å². The van der Waals surface area contributed by atoms with Crippen LogP contribution in [0.3, 0.4) is 0 Å². The fourth-order valence-corrected chi connectivity index (χ4v) is 3.48. The molecule has 134 valence electrons. The van der Waals surface area contributed by atoms with Gasteiger partial charge < -0.3 is 13.8 Å². The minimum absolute atomic E-state index is 0.0828. The van der Waals surface area contributed by atoms with Crippen LogP contribution in [0.1, 0.15) is 52.8 Å². The molecular formula is C19H19N3O4. The summed E-state index contributed by atoms with van der Waals surface area (Å²) in [6, 6.07) is 5.00. The molecule has 1 unspecified atom stereocenters. The number of pyridine rings is 1. The summed E-state index contributed by atoms with van der Waals surface area (Å²) in [5.74, 6) is 0.141. The first-order chi connectivity index (χ1) is 12.7. The highest BCUT2D eigenvalue weighted by Gasteiger charge is 2.32. The Bertz CT molecular complexity index is 945. The van der Waals surface area contributed by atoms with Crippen molar-refractivity contribution >= 4 is 22.8 Å². The summed E-state index contributed by atoms with van der Waals surface area (Å²) in [4.78, 5) is 31.3. The number of ketones is 1.